The maximum absolute atomic E-state index is 12.0. The van der Waals surface area contributed by atoms with Crippen molar-refractivity contribution < 1.29 is 9.53 Å². The summed E-state index contributed by atoms with van der Waals surface area (Å²) in [4.78, 5) is 12.0. The number of carbonyl (C=O) groups excluding carboxylic acids is 1. The molecule has 0 aliphatic heterocycles. The number of ether oxygens (including phenoxy) is 1. The van der Waals surface area contributed by atoms with E-state index in [0.717, 1.165) is 5.56 Å². The van der Waals surface area contributed by atoms with E-state index in [9.17, 15) is 4.79 Å². The summed E-state index contributed by atoms with van der Waals surface area (Å²) >= 11 is 0. The minimum atomic E-state index is -0.461. The van der Waals surface area contributed by atoms with Crippen molar-refractivity contribution in [2.24, 2.45) is 11.7 Å². The van der Waals surface area contributed by atoms with E-state index in [1.807, 2.05) is 52.0 Å². The average Bonchev–Trinajstić information content (AvgIpc) is 2.25. The van der Waals surface area contributed by atoms with Crippen LogP contribution >= 0.6 is 0 Å². The molecule has 0 spiro atoms. The summed E-state index contributed by atoms with van der Waals surface area (Å²) in [7, 11) is 0. The smallest absolute Gasteiger partial charge is 0.311 e. The summed E-state index contributed by atoms with van der Waals surface area (Å²) < 4.78 is 5.37. The van der Waals surface area contributed by atoms with Gasteiger partial charge in [0.2, 0.25) is 0 Å². The molecule has 3 nitrogen and oxygen atoms in total. The van der Waals surface area contributed by atoms with Gasteiger partial charge in [-0.2, -0.15) is 0 Å². The SMILES string of the molecule is Cc1ccc(CC(CN)C(=O)OC(C)(C)C)cc1. The van der Waals surface area contributed by atoms with Crippen LogP contribution in [0, 0.1) is 12.8 Å². The molecule has 1 atom stereocenters. The van der Waals surface area contributed by atoms with E-state index >= 15 is 0 Å². The topological polar surface area (TPSA) is 52.3 Å². The van der Waals surface area contributed by atoms with Gasteiger partial charge in [0, 0.05) is 6.54 Å². The standard InChI is InChI=1S/C15H23NO2/c1-11-5-7-12(8-6-11)9-13(10-16)14(17)18-15(2,3)4/h5-8,13H,9-10,16H2,1-4H3. The van der Waals surface area contributed by atoms with Crippen molar-refractivity contribution >= 4 is 5.97 Å². The van der Waals surface area contributed by atoms with E-state index in [1.165, 1.54) is 5.56 Å². The van der Waals surface area contributed by atoms with E-state index in [4.69, 9.17) is 10.5 Å². The lowest BCUT2D eigenvalue weighted by atomic mass is 9.98. The van der Waals surface area contributed by atoms with Crippen LogP contribution in [0.4, 0.5) is 0 Å². The predicted octanol–water partition coefficient (Wildman–Crippen LogP) is 2.45. The van der Waals surface area contributed by atoms with Gasteiger partial charge in [-0.15, -0.1) is 0 Å². The van der Waals surface area contributed by atoms with Crippen molar-refractivity contribution in [3.05, 3.63) is 35.4 Å². The Kier molecular flexibility index (Phi) is 4.91. The summed E-state index contributed by atoms with van der Waals surface area (Å²) in [5, 5.41) is 0. The molecule has 1 aromatic carbocycles. The first-order chi connectivity index (χ1) is 8.31. The third kappa shape index (κ3) is 4.88. The van der Waals surface area contributed by atoms with Crippen molar-refractivity contribution in [2.75, 3.05) is 6.54 Å². The molecule has 0 aliphatic rings. The zero-order valence-electron chi connectivity index (χ0n) is 11.7. The lowest BCUT2D eigenvalue weighted by Gasteiger charge is -2.23. The van der Waals surface area contributed by atoms with Crippen molar-refractivity contribution in [1.29, 1.82) is 0 Å². The van der Waals surface area contributed by atoms with E-state index in [0.29, 0.717) is 13.0 Å². The molecule has 0 saturated heterocycles. The number of carbonyl (C=O) groups is 1. The second kappa shape index (κ2) is 6.01. The first kappa shape index (κ1) is 14.7. The molecule has 2 N–H and O–H groups in total. The number of hydrogen-bond acceptors (Lipinski definition) is 3. The first-order valence-corrected chi connectivity index (χ1v) is 6.30. The molecule has 100 valence electrons. The Morgan fingerprint density at radius 1 is 1.28 bits per heavy atom. The first-order valence-electron chi connectivity index (χ1n) is 6.30. The van der Waals surface area contributed by atoms with Gasteiger partial charge >= 0.3 is 5.97 Å². The largest absolute Gasteiger partial charge is 0.460 e. The van der Waals surface area contributed by atoms with E-state index in [1.54, 1.807) is 0 Å². The monoisotopic (exact) mass is 249 g/mol. The molecule has 1 rings (SSSR count). The maximum atomic E-state index is 12.0. The quantitative estimate of drug-likeness (QED) is 0.834. The Labute approximate surface area is 109 Å². The van der Waals surface area contributed by atoms with Crippen LogP contribution in [0.2, 0.25) is 0 Å². The summed E-state index contributed by atoms with van der Waals surface area (Å²) in [6.45, 7) is 7.94. The van der Waals surface area contributed by atoms with Gasteiger partial charge in [0.15, 0.2) is 0 Å². The Bertz CT molecular complexity index is 390. The molecule has 0 fully saturated rings. The van der Waals surface area contributed by atoms with Crippen LogP contribution in [0.5, 0.6) is 0 Å². The summed E-state index contributed by atoms with van der Waals surface area (Å²) in [5.41, 5.74) is 7.53. The summed E-state index contributed by atoms with van der Waals surface area (Å²) in [5.74, 6) is -0.488. The van der Waals surface area contributed by atoms with E-state index < -0.39 is 5.60 Å². The third-order valence-corrected chi connectivity index (χ3v) is 2.63. The van der Waals surface area contributed by atoms with Crippen LogP contribution in [-0.4, -0.2) is 18.1 Å². The van der Waals surface area contributed by atoms with E-state index in [-0.39, 0.29) is 11.9 Å². The van der Waals surface area contributed by atoms with Crippen molar-refractivity contribution in [2.45, 2.75) is 39.7 Å². The molecular weight excluding hydrogens is 226 g/mol. The van der Waals surface area contributed by atoms with Gasteiger partial charge in [0.05, 0.1) is 5.92 Å². The highest BCUT2D eigenvalue weighted by Crippen LogP contribution is 2.15. The second-order valence-corrected chi connectivity index (χ2v) is 5.66. The molecule has 0 amide bonds. The van der Waals surface area contributed by atoms with Crippen LogP contribution in [0.3, 0.4) is 0 Å². The predicted molar refractivity (Wildman–Crippen MR) is 73.3 cm³/mol. The highest BCUT2D eigenvalue weighted by atomic mass is 16.6. The number of benzene rings is 1. The van der Waals surface area contributed by atoms with Gasteiger partial charge in [0.1, 0.15) is 5.60 Å². The van der Waals surface area contributed by atoms with Gasteiger partial charge in [-0.25, -0.2) is 0 Å². The van der Waals surface area contributed by atoms with Crippen LogP contribution in [-0.2, 0) is 16.0 Å². The lowest BCUT2D eigenvalue weighted by Crippen LogP contribution is -2.33. The third-order valence-electron chi connectivity index (χ3n) is 2.63. The lowest BCUT2D eigenvalue weighted by molar-refractivity contribution is -0.159. The fourth-order valence-electron chi connectivity index (χ4n) is 1.66. The maximum Gasteiger partial charge on any atom is 0.311 e. The Hall–Kier alpha value is -1.35. The van der Waals surface area contributed by atoms with Crippen molar-refractivity contribution in [3.63, 3.8) is 0 Å². The molecule has 3 heteroatoms. The average molecular weight is 249 g/mol. The molecule has 0 saturated carbocycles. The van der Waals surface area contributed by atoms with Crippen LogP contribution in [0.25, 0.3) is 0 Å². The Morgan fingerprint density at radius 2 is 1.83 bits per heavy atom. The number of aryl methyl sites for hydroxylation is 1. The van der Waals surface area contributed by atoms with Crippen molar-refractivity contribution in [3.8, 4) is 0 Å². The highest BCUT2D eigenvalue weighted by molar-refractivity contribution is 5.73. The minimum Gasteiger partial charge on any atom is -0.460 e. The molecule has 0 aliphatic carbocycles. The Morgan fingerprint density at radius 3 is 2.28 bits per heavy atom. The molecule has 18 heavy (non-hydrogen) atoms. The normalized spacial score (nSPS) is 13.2. The molecule has 0 heterocycles. The summed E-state index contributed by atoms with van der Waals surface area (Å²) in [6, 6.07) is 8.14. The number of nitrogens with two attached hydrogens (primary N) is 1. The number of hydrogen-bond donors (Lipinski definition) is 1. The molecule has 0 bridgehead atoms. The molecule has 0 aromatic heterocycles. The van der Waals surface area contributed by atoms with E-state index in [2.05, 4.69) is 0 Å². The molecule has 1 aromatic rings. The van der Waals surface area contributed by atoms with Crippen LogP contribution in [0.1, 0.15) is 31.9 Å². The van der Waals surface area contributed by atoms with Gasteiger partial charge in [0.25, 0.3) is 0 Å². The van der Waals surface area contributed by atoms with Crippen molar-refractivity contribution in [1.82, 2.24) is 0 Å². The zero-order valence-corrected chi connectivity index (χ0v) is 11.7. The number of esters is 1. The van der Waals surface area contributed by atoms with Crippen LogP contribution < -0.4 is 5.73 Å². The van der Waals surface area contributed by atoms with Gasteiger partial charge in [-0.3, -0.25) is 4.79 Å². The number of rotatable bonds is 4. The molecular formula is C15H23NO2. The Balaban J connectivity index is 2.67. The van der Waals surface area contributed by atoms with Gasteiger partial charge < -0.3 is 10.5 Å². The molecule has 1 unspecified atom stereocenters. The van der Waals surface area contributed by atoms with Gasteiger partial charge in [-0.05, 0) is 39.7 Å². The second-order valence-electron chi connectivity index (χ2n) is 5.66. The highest BCUT2D eigenvalue weighted by Gasteiger charge is 2.24. The zero-order chi connectivity index (χ0) is 13.8. The molecule has 0 radical (unpaired) electrons. The van der Waals surface area contributed by atoms with Gasteiger partial charge in [-0.1, -0.05) is 29.8 Å². The summed E-state index contributed by atoms with van der Waals surface area (Å²) in [6.07, 6.45) is 0.631. The minimum absolute atomic E-state index is 0.217. The fourth-order valence-corrected chi connectivity index (χ4v) is 1.66. The van der Waals surface area contributed by atoms with Crippen LogP contribution in [0.15, 0.2) is 24.3 Å². The fraction of sp³-hybridized carbons (Fsp3) is 0.533.